The zero-order valence-corrected chi connectivity index (χ0v) is 10.8. The molecule has 2 aromatic rings. The van der Waals surface area contributed by atoms with Crippen molar-refractivity contribution in [3.63, 3.8) is 0 Å². The second-order valence-corrected chi connectivity index (χ2v) is 4.28. The van der Waals surface area contributed by atoms with Gasteiger partial charge in [0.05, 0.1) is 13.4 Å². The summed E-state index contributed by atoms with van der Waals surface area (Å²) in [4.78, 5) is 7.10. The van der Waals surface area contributed by atoms with Crippen molar-refractivity contribution in [3.05, 3.63) is 48.0 Å². The highest BCUT2D eigenvalue weighted by Crippen LogP contribution is 2.16. The van der Waals surface area contributed by atoms with Gasteiger partial charge in [-0.1, -0.05) is 12.1 Å². The van der Waals surface area contributed by atoms with Crippen molar-refractivity contribution in [1.82, 2.24) is 15.3 Å². The first-order valence-corrected chi connectivity index (χ1v) is 6.14. The van der Waals surface area contributed by atoms with Gasteiger partial charge in [0.2, 0.25) is 0 Å². The van der Waals surface area contributed by atoms with E-state index in [0.29, 0.717) is 6.04 Å². The number of benzene rings is 1. The lowest BCUT2D eigenvalue weighted by atomic mass is 10.1. The molecule has 0 radical (unpaired) electrons. The number of imidazole rings is 1. The van der Waals surface area contributed by atoms with Crippen LogP contribution in [0, 0.1) is 0 Å². The van der Waals surface area contributed by atoms with E-state index >= 15 is 0 Å². The van der Waals surface area contributed by atoms with E-state index in [4.69, 9.17) is 4.74 Å². The van der Waals surface area contributed by atoms with Crippen LogP contribution in [0.1, 0.15) is 24.2 Å². The maximum atomic E-state index is 5.15. The SMILES string of the molecule is COc1ccc(C(C)NCCc2cnc[nH]2)cc1. The second-order valence-electron chi connectivity index (χ2n) is 4.28. The lowest BCUT2D eigenvalue weighted by Gasteiger charge is -2.14. The van der Waals surface area contributed by atoms with Crippen LogP contribution in [0.2, 0.25) is 0 Å². The number of ether oxygens (including phenoxy) is 1. The number of H-pyrrole nitrogens is 1. The zero-order valence-electron chi connectivity index (χ0n) is 10.8. The molecule has 0 saturated carbocycles. The molecule has 0 spiro atoms. The third kappa shape index (κ3) is 3.34. The lowest BCUT2D eigenvalue weighted by Crippen LogP contribution is -2.21. The Labute approximate surface area is 107 Å². The molecule has 18 heavy (non-hydrogen) atoms. The Bertz CT molecular complexity index is 450. The summed E-state index contributed by atoms with van der Waals surface area (Å²) in [5.74, 6) is 0.892. The Kier molecular flexibility index (Phi) is 4.36. The standard InChI is InChI=1S/C14H19N3O/c1-11(12-3-5-14(18-2)6-4-12)16-8-7-13-9-15-10-17-13/h3-6,9-11,16H,7-8H2,1-2H3,(H,15,17). The van der Waals surface area contributed by atoms with Gasteiger partial charge in [-0.2, -0.15) is 0 Å². The third-order valence-electron chi connectivity index (χ3n) is 3.02. The Morgan fingerprint density at radius 1 is 1.33 bits per heavy atom. The minimum absolute atomic E-state index is 0.332. The molecule has 1 atom stereocenters. The molecular formula is C14H19N3O. The molecule has 4 nitrogen and oxygen atoms in total. The van der Waals surface area contributed by atoms with E-state index in [-0.39, 0.29) is 0 Å². The number of hydrogen-bond acceptors (Lipinski definition) is 3. The first-order chi connectivity index (χ1) is 8.79. The first-order valence-electron chi connectivity index (χ1n) is 6.14. The predicted octanol–water partition coefficient (Wildman–Crippen LogP) is 2.31. The van der Waals surface area contributed by atoms with E-state index in [1.165, 1.54) is 5.56 Å². The number of hydrogen-bond donors (Lipinski definition) is 2. The highest BCUT2D eigenvalue weighted by molar-refractivity contribution is 5.28. The average Bonchev–Trinajstić information content (AvgIpc) is 2.92. The molecule has 4 heteroatoms. The van der Waals surface area contributed by atoms with E-state index in [1.807, 2.05) is 18.3 Å². The number of nitrogens with one attached hydrogen (secondary N) is 2. The molecule has 0 aliphatic carbocycles. The van der Waals surface area contributed by atoms with Crippen molar-refractivity contribution in [2.45, 2.75) is 19.4 Å². The van der Waals surface area contributed by atoms with Crippen LogP contribution in [0.4, 0.5) is 0 Å². The molecule has 0 aliphatic rings. The van der Waals surface area contributed by atoms with Gasteiger partial charge in [0.1, 0.15) is 5.75 Å². The molecule has 1 aromatic heterocycles. The van der Waals surface area contributed by atoms with Crippen molar-refractivity contribution in [2.24, 2.45) is 0 Å². The van der Waals surface area contributed by atoms with Gasteiger partial charge in [0, 0.05) is 30.9 Å². The van der Waals surface area contributed by atoms with Crippen molar-refractivity contribution in [1.29, 1.82) is 0 Å². The molecule has 2 N–H and O–H groups in total. The smallest absolute Gasteiger partial charge is 0.118 e. The van der Waals surface area contributed by atoms with E-state index in [1.54, 1.807) is 13.4 Å². The van der Waals surface area contributed by atoms with Gasteiger partial charge < -0.3 is 15.0 Å². The van der Waals surface area contributed by atoms with E-state index in [9.17, 15) is 0 Å². The van der Waals surface area contributed by atoms with Crippen molar-refractivity contribution >= 4 is 0 Å². The molecular weight excluding hydrogens is 226 g/mol. The molecule has 0 fully saturated rings. The van der Waals surface area contributed by atoms with Crippen molar-refractivity contribution < 1.29 is 4.74 Å². The van der Waals surface area contributed by atoms with E-state index in [0.717, 1.165) is 24.4 Å². The monoisotopic (exact) mass is 245 g/mol. The maximum Gasteiger partial charge on any atom is 0.118 e. The molecule has 0 bridgehead atoms. The number of nitrogens with zero attached hydrogens (tertiary/aromatic N) is 1. The summed E-state index contributed by atoms with van der Waals surface area (Å²) in [6.45, 7) is 3.09. The maximum absolute atomic E-state index is 5.15. The van der Waals surface area contributed by atoms with Crippen LogP contribution in [0.5, 0.6) is 5.75 Å². The third-order valence-corrected chi connectivity index (χ3v) is 3.02. The van der Waals surface area contributed by atoms with Gasteiger partial charge in [-0.3, -0.25) is 0 Å². The molecule has 0 aliphatic heterocycles. The van der Waals surface area contributed by atoms with Gasteiger partial charge >= 0.3 is 0 Å². The Hall–Kier alpha value is -1.81. The van der Waals surface area contributed by atoms with Gasteiger partial charge in [-0.05, 0) is 24.6 Å². The average molecular weight is 245 g/mol. The highest BCUT2D eigenvalue weighted by Gasteiger charge is 2.04. The van der Waals surface area contributed by atoms with Gasteiger partial charge in [-0.15, -0.1) is 0 Å². The Morgan fingerprint density at radius 2 is 2.11 bits per heavy atom. The molecule has 0 saturated heterocycles. The second kappa shape index (κ2) is 6.21. The fraction of sp³-hybridized carbons (Fsp3) is 0.357. The van der Waals surface area contributed by atoms with E-state index in [2.05, 4.69) is 34.3 Å². The fourth-order valence-corrected chi connectivity index (χ4v) is 1.86. The minimum atomic E-state index is 0.332. The molecule has 0 amide bonds. The number of rotatable bonds is 6. The number of aromatic nitrogens is 2. The van der Waals surface area contributed by atoms with Crippen LogP contribution >= 0.6 is 0 Å². The van der Waals surface area contributed by atoms with Crippen LogP contribution in [-0.2, 0) is 6.42 Å². The molecule has 96 valence electrons. The van der Waals surface area contributed by atoms with Gasteiger partial charge in [0.25, 0.3) is 0 Å². The topological polar surface area (TPSA) is 49.9 Å². The summed E-state index contributed by atoms with van der Waals surface area (Å²) < 4.78 is 5.15. The minimum Gasteiger partial charge on any atom is -0.497 e. The molecule has 1 heterocycles. The Balaban J connectivity index is 1.81. The van der Waals surface area contributed by atoms with Crippen LogP contribution < -0.4 is 10.1 Å². The van der Waals surface area contributed by atoms with E-state index < -0.39 is 0 Å². The van der Waals surface area contributed by atoms with Crippen molar-refractivity contribution in [3.8, 4) is 5.75 Å². The summed E-state index contributed by atoms with van der Waals surface area (Å²) in [6.07, 6.45) is 4.53. The quantitative estimate of drug-likeness (QED) is 0.821. The summed E-state index contributed by atoms with van der Waals surface area (Å²) in [5.41, 5.74) is 2.42. The fourth-order valence-electron chi connectivity index (χ4n) is 1.86. The lowest BCUT2D eigenvalue weighted by molar-refractivity contribution is 0.414. The van der Waals surface area contributed by atoms with Crippen LogP contribution in [0.3, 0.4) is 0 Å². The molecule has 1 aromatic carbocycles. The summed E-state index contributed by atoms with van der Waals surface area (Å²) in [6, 6.07) is 8.49. The molecule has 2 rings (SSSR count). The summed E-state index contributed by atoms with van der Waals surface area (Å²) in [7, 11) is 1.68. The highest BCUT2D eigenvalue weighted by atomic mass is 16.5. The number of aromatic amines is 1. The van der Waals surface area contributed by atoms with Crippen LogP contribution in [-0.4, -0.2) is 23.6 Å². The van der Waals surface area contributed by atoms with Gasteiger partial charge in [0.15, 0.2) is 0 Å². The normalized spacial score (nSPS) is 12.3. The number of methoxy groups -OCH3 is 1. The molecule has 1 unspecified atom stereocenters. The zero-order chi connectivity index (χ0) is 12.8. The van der Waals surface area contributed by atoms with Gasteiger partial charge in [-0.25, -0.2) is 4.98 Å². The summed E-state index contributed by atoms with van der Waals surface area (Å²) >= 11 is 0. The van der Waals surface area contributed by atoms with Crippen LogP contribution in [0.25, 0.3) is 0 Å². The predicted molar refractivity (Wildman–Crippen MR) is 71.7 cm³/mol. The largest absolute Gasteiger partial charge is 0.497 e. The van der Waals surface area contributed by atoms with Crippen molar-refractivity contribution in [2.75, 3.05) is 13.7 Å². The first kappa shape index (κ1) is 12.6. The summed E-state index contributed by atoms with van der Waals surface area (Å²) in [5, 5.41) is 3.49. The Morgan fingerprint density at radius 3 is 2.72 bits per heavy atom. The van der Waals surface area contributed by atoms with Crippen LogP contribution in [0.15, 0.2) is 36.8 Å².